The molecule has 0 aliphatic carbocycles. The highest BCUT2D eigenvalue weighted by molar-refractivity contribution is 7.09. The minimum absolute atomic E-state index is 0.0505. The Morgan fingerprint density at radius 1 is 1.25 bits per heavy atom. The van der Waals surface area contributed by atoms with Gasteiger partial charge in [-0.05, 0) is 42.0 Å². The standard InChI is InChI=1S/C19H24N2O2S/c1-2-18(24-11-1)13-21-9-5-19(6-10-21)12-17(15-23-19)22-14-16-3-7-20-8-4-16/h1-4,7-8,11,17H,5-6,9-10,12-15H2. The summed E-state index contributed by atoms with van der Waals surface area (Å²) in [4.78, 5) is 8.05. The van der Waals surface area contributed by atoms with E-state index in [1.807, 2.05) is 35.9 Å². The van der Waals surface area contributed by atoms with Gasteiger partial charge in [-0.3, -0.25) is 9.88 Å². The molecule has 4 nitrogen and oxygen atoms in total. The van der Waals surface area contributed by atoms with Crippen LogP contribution >= 0.6 is 11.3 Å². The Morgan fingerprint density at radius 2 is 2.08 bits per heavy atom. The van der Waals surface area contributed by atoms with E-state index in [1.54, 1.807) is 0 Å². The smallest absolute Gasteiger partial charge is 0.0840 e. The zero-order chi connectivity index (χ0) is 16.2. The van der Waals surface area contributed by atoms with Crippen LogP contribution in [0, 0.1) is 0 Å². The monoisotopic (exact) mass is 344 g/mol. The van der Waals surface area contributed by atoms with Gasteiger partial charge in [0.1, 0.15) is 0 Å². The van der Waals surface area contributed by atoms with Gasteiger partial charge in [-0.15, -0.1) is 11.3 Å². The van der Waals surface area contributed by atoms with Gasteiger partial charge >= 0.3 is 0 Å². The second-order valence-corrected chi connectivity index (χ2v) is 7.87. The molecule has 0 N–H and O–H groups in total. The van der Waals surface area contributed by atoms with Crippen LogP contribution in [0.1, 0.15) is 29.7 Å². The van der Waals surface area contributed by atoms with Gasteiger partial charge in [0.05, 0.1) is 24.9 Å². The number of hydrogen-bond donors (Lipinski definition) is 0. The van der Waals surface area contributed by atoms with Crippen LogP contribution in [0.25, 0.3) is 0 Å². The van der Waals surface area contributed by atoms with Crippen LogP contribution in [-0.4, -0.2) is 41.3 Å². The van der Waals surface area contributed by atoms with Crippen molar-refractivity contribution < 1.29 is 9.47 Å². The van der Waals surface area contributed by atoms with E-state index < -0.39 is 0 Å². The van der Waals surface area contributed by atoms with Crippen LogP contribution in [0.15, 0.2) is 42.0 Å². The van der Waals surface area contributed by atoms with Crippen molar-refractivity contribution >= 4 is 11.3 Å². The van der Waals surface area contributed by atoms with E-state index in [0.29, 0.717) is 6.61 Å². The number of thiophene rings is 1. The van der Waals surface area contributed by atoms with Gasteiger partial charge in [0.2, 0.25) is 0 Å². The lowest BCUT2D eigenvalue weighted by Gasteiger charge is -2.38. The van der Waals surface area contributed by atoms with Crippen LogP contribution in [0.5, 0.6) is 0 Å². The lowest BCUT2D eigenvalue weighted by Crippen LogP contribution is -2.43. The van der Waals surface area contributed by atoms with E-state index in [9.17, 15) is 0 Å². The Kier molecular flexibility index (Phi) is 4.94. The summed E-state index contributed by atoms with van der Waals surface area (Å²) in [6.07, 6.45) is 7.12. The summed E-state index contributed by atoms with van der Waals surface area (Å²) in [5.74, 6) is 0. The van der Waals surface area contributed by atoms with E-state index in [0.717, 1.165) is 45.5 Å². The number of aromatic nitrogens is 1. The Labute approximate surface area is 147 Å². The van der Waals surface area contributed by atoms with Crippen molar-refractivity contribution in [2.45, 2.75) is 44.1 Å². The van der Waals surface area contributed by atoms with Crippen molar-refractivity contribution in [3.8, 4) is 0 Å². The van der Waals surface area contributed by atoms with Gasteiger partial charge in [-0.25, -0.2) is 0 Å². The first kappa shape index (κ1) is 16.2. The van der Waals surface area contributed by atoms with Gasteiger partial charge in [0.15, 0.2) is 0 Å². The third-order valence-electron chi connectivity index (χ3n) is 5.14. The fraction of sp³-hybridized carbons (Fsp3) is 0.526. The van der Waals surface area contributed by atoms with Crippen LogP contribution in [0.2, 0.25) is 0 Å². The van der Waals surface area contributed by atoms with Gasteiger partial charge in [-0.2, -0.15) is 0 Å². The maximum Gasteiger partial charge on any atom is 0.0840 e. The molecular formula is C19H24N2O2S. The Balaban J connectivity index is 1.24. The molecule has 4 heterocycles. The number of rotatable bonds is 5. The van der Waals surface area contributed by atoms with Crippen LogP contribution in [0.3, 0.4) is 0 Å². The number of pyridine rings is 1. The summed E-state index contributed by atoms with van der Waals surface area (Å²) in [5, 5.41) is 2.16. The quantitative estimate of drug-likeness (QED) is 0.832. The lowest BCUT2D eigenvalue weighted by molar-refractivity contribution is -0.0467. The Bertz CT molecular complexity index is 624. The number of nitrogens with zero attached hydrogens (tertiary/aromatic N) is 2. The summed E-state index contributed by atoms with van der Waals surface area (Å²) in [5.41, 5.74) is 1.23. The number of ether oxygens (including phenoxy) is 2. The van der Waals surface area contributed by atoms with Gasteiger partial charge < -0.3 is 9.47 Å². The van der Waals surface area contributed by atoms with Gasteiger partial charge in [-0.1, -0.05) is 6.07 Å². The van der Waals surface area contributed by atoms with Crippen molar-refractivity contribution in [1.29, 1.82) is 0 Å². The minimum atomic E-state index is 0.0505. The first-order valence-corrected chi connectivity index (χ1v) is 9.59. The van der Waals surface area contributed by atoms with E-state index in [2.05, 4.69) is 27.4 Å². The van der Waals surface area contributed by atoms with Crippen LogP contribution < -0.4 is 0 Å². The minimum Gasteiger partial charge on any atom is -0.372 e. The predicted molar refractivity (Wildman–Crippen MR) is 94.9 cm³/mol. The Hall–Kier alpha value is -1.27. The highest BCUT2D eigenvalue weighted by Crippen LogP contribution is 2.37. The third kappa shape index (κ3) is 3.86. The predicted octanol–water partition coefficient (Wildman–Crippen LogP) is 3.48. The summed E-state index contributed by atoms with van der Waals surface area (Å²) in [6, 6.07) is 8.38. The normalized spacial score (nSPS) is 23.8. The number of piperidine rings is 1. The first-order valence-electron chi connectivity index (χ1n) is 8.71. The molecule has 0 bridgehead atoms. The first-order chi connectivity index (χ1) is 11.8. The molecule has 1 atom stereocenters. The second-order valence-electron chi connectivity index (χ2n) is 6.84. The molecule has 2 aliphatic heterocycles. The molecule has 4 rings (SSSR count). The van der Waals surface area contributed by atoms with Crippen molar-refractivity contribution in [2.75, 3.05) is 19.7 Å². The SMILES string of the molecule is c1csc(CN2CCC3(CC2)CC(OCc2ccncc2)CO3)c1. The average molecular weight is 344 g/mol. The molecular weight excluding hydrogens is 320 g/mol. The maximum absolute atomic E-state index is 6.20. The maximum atomic E-state index is 6.20. The molecule has 0 aromatic carbocycles. The van der Waals surface area contributed by atoms with Crippen molar-refractivity contribution in [1.82, 2.24) is 9.88 Å². The van der Waals surface area contributed by atoms with Crippen molar-refractivity contribution in [3.63, 3.8) is 0 Å². The molecule has 128 valence electrons. The molecule has 2 saturated heterocycles. The molecule has 24 heavy (non-hydrogen) atoms. The van der Waals surface area contributed by atoms with E-state index in [-0.39, 0.29) is 11.7 Å². The second kappa shape index (κ2) is 7.31. The number of likely N-dealkylation sites (tertiary alicyclic amines) is 1. The molecule has 2 fully saturated rings. The lowest BCUT2D eigenvalue weighted by atomic mass is 9.88. The highest BCUT2D eigenvalue weighted by Gasteiger charge is 2.43. The number of hydrogen-bond acceptors (Lipinski definition) is 5. The molecule has 0 saturated carbocycles. The molecule has 2 aromatic heterocycles. The Morgan fingerprint density at radius 3 is 2.83 bits per heavy atom. The van der Waals surface area contributed by atoms with Gasteiger partial charge in [0, 0.05) is 43.3 Å². The largest absolute Gasteiger partial charge is 0.372 e. The van der Waals surface area contributed by atoms with E-state index in [1.165, 1.54) is 10.4 Å². The van der Waals surface area contributed by atoms with E-state index in [4.69, 9.17) is 9.47 Å². The topological polar surface area (TPSA) is 34.6 Å². The summed E-state index contributed by atoms with van der Waals surface area (Å²) < 4.78 is 12.3. The highest BCUT2D eigenvalue weighted by atomic mass is 32.1. The molecule has 5 heteroatoms. The van der Waals surface area contributed by atoms with Crippen molar-refractivity contribution in [2.24, 2.45) is 0 Å². The van der Waals surface area contributed by atoms with Crippen LogP contribution in [-0.2, 0) is 22.6 Å². The van der Waals surface area contributed by atoms with Crippen LogP contribution in [0.4, 0.5) is 0 Å². The third-order valence-corrected chi connectivity index (χ3v) is 6.00. The summed E-state index contributed by atoms with van der Waals surface area (Å²) >= 11 is 1.85. The fourth-order valence-electron chi connectivity index (χ4n) is 3.69. The molecule has 2 aliphatic rings. The van der Waals surface area contributed by atoms with E-state index >= 15 is 0 Å². The fourth-order valence-corrected chi connectivity index (χ4v) is 4.44. The zero-order valence-corrected chi connectivity index (χ0v) is 14.7. The molecule has 0 radical (unpaired) electrons. The van der Waals surface area contributed by atoms with Gasteiger partial charge in [0.25, 0.3) is 0 Å². The summed E-state index contributed by atoms with van der Waals surface area (Å²) in [7, 11) is 0. The van der Waals surface area contributed by atoms with Crippen molar-refractivity contribution in [3.05, 3.63) is 52.5 Å². The molecule has 1 spiro atoms. The molecule has 0 amide bonds. The molecule has 2 aromatic rings. The average Bonchev–Trinajstić information content (AvgIpc) is 3.27. The molecule has 1 unspecified atom stereocenters. The zero-order valence-electron chi connectivity index (χ0n) is 13.9. The summed E-state index contributed by atoms with van der Waals surface area (Å²) in [6.45, 7) is 4.70.